The van der Waals surface area contributed by atoms with Crippen molar-refractivity contribution in [1.82, 2.24) is 9.78 Å². The second-order valence-electron chi connectivity index (χ2n) is 2.61. The van der Waals surface area contributed by atoms with Crippen LogP contribution in [0.2, 0.25) is 0 Å². The number of aromatic nitrogens is 2. The van der Waals surface area contributed by atoms with E-state index in [-0.39, 0.29) is 6.67 Å². The van der Waals surface area contributed by atoms with E-state index in [9.17, 15) is 4.39 Å². The van der Waals surface area contributed by atoms with Gasteiger partial charge in [0, 0.05) is 12.7 Å². The number of hydrogen-bond acceptors (Lipinski definition) is 2. The molecule has 4 heteroatoms. The smallest absolute Gasteiger partial charge is 0.109 e. The van der Waals surface area contributed by atoms with Crippen molar-refractivity contribution in [2.45, 2.75) is 19.9 Å². The predicted molar refractivity (Wildman–Crippen MR) is 47.0 cm³/mol. The summed E-state index contributed by atoms with van der Waals surface area (Å²) in [7, 11) is 0. The van der Waals surface area contributed by atoms with Crippen LogP contribution in [0.25, 0.3) is 0 Å². The van der Waals surface area contributed by atoms with Crippen molar-refractivity contribution in [1.29, 1.82) is 0 Å². The lowest BCUT2D eigenvalue weighted by Crippen LogP contribution is -2.00. The van der Waals surface area contributed by atoms with E-state index in [1.54, 1.807) is 10.9 Å². The first-order valence-corrected chi connectivity index (χ1v) is 4.19. The lowest BCUT2D eigenvalue weighted by molar-refractivity contribution is 0.427. The van der Waals surface area contributed by atoms with Gasteiger partial charge in [-0.15, -0.1) is 0 Å². The van der Waals surface area contributed by atoms with Crippen molar-refractivity contribution < 1.29 is 4.39 Å². The van der Waals surface area contributed by atoms with Crippen LogP contribution in [0.5, 0.6) is 0 Å². The Bertz CT molecular complexity index is 222. The quantitative estimate of drug-likeness (QED) is 0.730. The second kappa shape index (κ2) is 4.74. The first kappa shape index (κ1) is 9.03. The Morgan fingerprint density at radius 2 is 2.50 bits per heavy atom. The molecular formula is C8H14FN3. The summed E-state index contributed by atoms with van der Waals surface area (Å²) in [6, 6.07) is 0. The molecule has 0 saturated carbocycles. The van der Waals surface area contributed by atoms with Gasteiger partial charge in [0.2, 0.25) is 0 Å². The SMILES string of the molecule is CCCNc1cnn(CCF)c1. The summed E-state index contributed by atoms with van der Waals surface area (Å²) >= 11 is 0. The van der Waals surface area contributed by atoms with Crippen LogP contribution in [-0.4, -0.2) is 23.0 Å². The van der Waals surface area contributed by atoms with Crippen LogP contribution in [0.15, 0.2) is 12.4 Å². The lowest BCUT2D eigenvalue weighted by Gasteiger charge is -1.98. The monoisotopic (exact) mass is 171 g/mol. The molecule has 1 aromatic heterocycles. The molecule has 1 rings (SSSR count). The third-order valence-corrected chi connectivity index (χ3v) is 1.53. The predicted octanol–water partition coefficient (Wildman–Crippen LogP) is 1.67. The Kier molecular flexibility index (Phi) is 3.57. The molecule has 0 aliphatic heterocycles. The van der Waals surface area contributed by atoms with Crippen molar-refractivity contribution in [3.8, 4) is 0 Å². The number of nitrogens with one attached hydrogen (secondary N) is 1. The molecule has 0 aliphatic rings. The fourth-order valence-electron chi connectivity index (χ4n) is 0.933. The first-order chi connectivity index (χ1) is 5.86. The zero-order valence-corrected chi connectivity index (χ0v) is 7.26. The van der Waals surface area contributed by atoms with Crippen LogP contribution >= 0.6 is 0 Å². The van der Waals surface area contributed by atoms with Gasteiger partial charge in [0.15, 0.2) is 0 Å². The molecule has 0 fully saturated rings. The molecule has 1 N–H and O–H groups in total. The summed E-state index contributed by atoms with van der Waals surface area (Å²) in [5, 5.41) is 7.14. The minimum absolute atomic E-state index is 0.341. The molecule has 0 amide bonds. The highest BCUT2D eigenvalue weighted by atomic mass is 19.1. The summed E-state index contributed by atoms with van der Waals surface area (Å²) in [5.74, 6) is 0. The summed E-state index contributed by atoms with van der Waals surface area (Å²) in [6.45, 7) is 3.00. The molecule has 1 heterocycles. The fraction of sp³-hybridized carbons (Fsp3) is 0.625. The third kappa shape index (κ3) is 2.53. The van der Waals surface area contributed by atoms with Crippen molar-refractivity contribution in [2.75, 3.05) is 18.5 Å². The van der Waals surface area contributed by atoms with Gasteiger partial charge in [0.25, 0.3) is 0 Å². The number of rotatable bonds is 5. The van der Waals surface area contributed by atoms with Crippen LogP contribution in [0, 0.1) is 0 Å². The molecule has 68 valence electrons. The topological polar surface area (TPSA) is 29.9 Å². The molecule has 0 atom stereocenters. The van der Waals surface area contributed by atoms with E-state index < -0.39 is 0 Å². The highest BCUT2D eigenvalue weighted by molar-refractivity contribution is 5.37. The molecular weight excluding hydrogens is 157 g/mol. The van der Waals surface area contributed by atoms with Crippen LogP contribution in [0.1, 0.15) is 13.3 Å². The van der Waals surface area contributed by atoms with E-state index >= 15 is 0 Å². The molecule has 0 bridgehead atoms. The van der Waals surface area contributed by atoms with E-state index in [0.717, 1.165) is 18.7 Å². The Balaban J connectivity index is 2.41. The van der Waals surface area contributed by atoms with Gasteiger partial charge < -0.3 is 5.32 Å². The van der Waals surface area contributed by atoms with E-state index in [1.807, 2.05) is 6.20 Å². The highest BCUT2D eigenvalue weighted by Crippen LogP contribution is 2.03. The summed E-state index contributed by atoms with van der Waals surface area (Å²) < 4.78 is 13.5. The van der Waals surface area contributed by atoms with Crippen LogP contribution < -0.4 is 5.32 Å². The standard InChI is InChI=1S/C8H14FN3/c1-2-4-10-8-6-11-12(7-8)5-3-9/h6-7,10H,2-5H2,1H3. The molecule has 0 spiro atoms. The zero-order valence-electron chi connectivity index (χ0n) is 7.26. The van der Waals surface area contributed by atoms with Gasteiger partial charge in [0.05, 0.1) is 18.4 Å². The van der Waals surface area contributed by atoms with Gasteiger partial charge in [-0.2, -0.15) is 5.10 Å². The first-order valence-electron chi connectivity index (χ1n) is 4.19. The summed E-state index contributed by atoms with van der Waals surface area (Å²) in [4.78, 5) is 0. The average molecular weight is 171 g/mol. The lowest BCUT2D eigenvalue weighted by atomic mass is 10.4. The Morgan fingerprint density at radius 3 is 3.17 bits per heavy atom. The third-order valence-electron chi connectivity index (χ3n) is 1.53. The Labute approximate surface area is 71.6 Å². The molecule has 12 heavy (non-hydrogen) atoms. The van der Waals surface area contributed by atoms with Gasteiger partial charge in [-0.05, 0) is 6.42 Å². The zero-order chi connectivity index (χ0) is 8.81. The summed E-state index contributed by atoms with van der Waals surface area (Å²) in [5.41, 5.74) is 0.963. The van der Waals surface area contributed by atoms with Crippen molar-refractivity contribution in [3.63, 3.8) is 0 Å². The van der Waals surface area contributed by atoms with E-state index in [2.05, 4.69) is 17.3 Å². The van der Waals surface area contributed by atoms with Gasteiger partial charge >= 0.3 is 0 Å². The van der Waals surface area contributed by atoms with E-state index in [4.69, 9.17) is 0 Å². The van der Waals surface area contributed by atoms with Gasteiger partial charge in [-0.3, -0.25) is 4.68 Å². The van der Waals surface area contributed by atoms with E-state index in [0.29, 0.717) is 6.54 Å². The van der Waals surface area contributed by atoms with Gasteiger partial charge in [0.1, 0.15) is 6.67 Å². The molecule has 1 aromatic rings. The molecule has 0 radical (unpaired) electrons. The number of aryl methyl sites for hydroxylation is 1. The molecule has 3 nitrogen and oxygen atoms in total. The normalized spacial score (nSPS) is 10.2. The Morgan fingerprint density at radius 1 is 1.67 bits per heavy atom. The number of halogens is 1. The summed E-state index contributed by atoms with van der Waals surface area (Å²) in [6.07, 6.45) is 4.61. The minimum Gasteiger partial charge on any atom is -0.383 e. The second-order valence-corrected chi connectivity index (χ2v) is 2.61. The Hall–Kier alpha value is -1.06. The molecule has 0 aromatic carbocycles. The fourth-order valence-corrected chi connectivity index (χ4v) is 0.933. The van der Waals surface area contributed by atoms with Crippen LogP contribution in [-0.2, 0) is 6.54 Å². The number of hydrogen-bond donors (Lipinski definition) is 1. The van der Waals surface area contributed by atoms with Crippen molar-refractivity contribution >= 4 is 5.69 Å². The van der Waals surface area contributed by atoms with Crippen molar-refractivity contribution in [2.24, 2.45) is 0 Å². The molecule has 0 aliphatic carbocycles. The van der Waals surface area contributed by atoms with E-state index in [1.165, 1.54) is 0 Å². The van der Waals surface area contributed by atoms with Gasteiger partial charge in [-0.1, -0.05) is 6.92 Å². The average Bonchev–Trinajstić information content (AvgIpc) is 2.50. The number of nitrogens with zero attached hydrogens (tertiary/aromatic N) is 2. The van der Waals surface area contributed by atoms with Crippen LogP contribution in [0.3, 0.4) is 0 Å². The maximum Gasteiger partial charge on any atom is 0.109 e. The molecule has 0 saturated heterocycles. The minimum atomic E-state index is -0.366. The highest BCUT2D eigenvalue weighted by Gasteiger charge is 1.95. The number of alkyl halides is 1. The van der Waals surface area contributed by atoms with Gasteiger partial charge in [-0.25, -0.2) is 4.39 Å². The number of anilines is 1. The maximum absolute atomic E-state index is 11.9. The largest absolute Gasteiger partial charge is 0.383 e. The van der Waals surface area contributed by atoms with Crippen molar-refractivity contribution in [3.05, 3.63) is 12.4 Å². The van der Waals surface area contributed by atoms with Crippen LogP contribution in [0.4, 0.5) is 10.1 Å². The molecule has 0 unspecified atom stereocenters. The maximum atomic E-state index is 11.9.